The minimum Gasteiger partial charge on any atom is -0.370 e. The van der Waals surface area contributed by atoms with Crippen molar-refractivity contribution >= 4 is 17.7 Å². The third-order valence-corrected chi connectivity index (χ3v) is 4.95. The first-order valence-electron chi connectivity index (χ1n) is 5.86. The number of nitrogens with zero attached hydrogens (tertiary/aromatic N) is 2. The molecule has 0 aromatic rings. The van der Waals surface area contributed by atoms with E-state index in [-0.39, 0.29) is 5.54 Å². The predicted octanol–water partition coefficient (Wildman–Crippen LogP) is 1.68. The van der Waals surface area contributed by atoms with Crippen LogP contribution in [-0.4, -0.2) is 40.5 Å². The fourth-order valence-electron chi connectivity index (χ4n) is 2.65. The molecule has 0 aromatic heterocycles. The highest BCUT2D eigenvalue weighted by Crippen LogP contribution is 2.37. The molecule has 2 N–H and O–H groups in total. The number of thioether (sulfide) groups is 1. The molecule has 0 amide bonds. The second-order valence-corrected chi connectivity index (χ2v) is 5.79. The van der Waals surface area contributed by atoms with Crippen molar-refractivity contribution in [2.45, 2.75) is 44.7 Å². The van der Waals surface area contributed by atoms with Crippen LogP contribution in [0.1, 0.15) is 33.1 Å². The zero-order valence-corrected chi connectivity index (χ0v) is 10.5. The summed E-state index contributed by atoms with van der Waals surface area (Å²) in [5, 5.41) is 0. The molecule has 86 valence electrons. The average molecular weight is 227 g/mol. The normalized spacial score (nSPS) is 33.2. The van der Waals surface area contributed by atoms with E-state index < -0.39 is 0 Å². The van der Waals surface area contributed by atoms with E-state index in [1.165, 1.54) is 24.3 Å². The second-order valence-electron chi connectivity index (χ2n) is 4.68. The van der Waals surface area contributed by atoms with Crippen molar-refractivity contribution in [3.05, 3.63) is 0 Å². The summed E-state index contributed by atoms with van der Waals surface area (Å²) in [5.41, 5.74) is 6.28. The summed E-state index contributed by atoms with van der Waals surface area (Å²) in [6.07, 6.45) is 3.71. The second kappa shape index (κ2) is 4.24. The Bertz CT molecular complexity index is 259. The molecule has 2 unspecified atom stereocenters. The van der Waals surface area contributed by atoms with Crippen LogP contribution >= 0.6 is 11.8 Å². The van der Waals surface area contributed by atoms with Crippen LogP contribution in [-0.2, 0) is 0 Å². The molecular formula is C11H21N3S. The van der Waals surface area contributed by atoms with Crippen LogP contribution in [0.2, 0.25) is 0 Å². The van der Waals surface area contributed by atoms with Gasteiger partial charge < -0.3 is 10.6 Å². The maximum atomic E-state index is 6.03. The largest absolute Gasteiger partial charge is 0.370 e. The van der Waals surface area contributed by atoms with Gasteiger partial charge in [0, 0.05) is 11.8 Å². The van der Waals surface area contributed by atoms with E-state index in [1.807, 2.05) is 0 Å². The van der Waals surface area contributed by atoms with Crippen LogP contribution in [0.4, 0.5) is 0 Å². The Balaban J connectivity index is 2.18. The quantitative estimate of drug-likeness (QED) is 0.780. The molecule has 0 aromatic carbocycles. The van der Waals surface area contributed by atoms with Crippen molar-refractivity contribution in [2.24, 2.45) is 10.7 Å². The fraction of sp³-hybridized carbons (Fsp3) is 0.909. The van der Waals surface area contributed by atoms with E-state index in [2.05, 4.69) is 35.5 Å². The highest BCUT2D eigenvalue weighted by atomic mass is 32.2. The predicted molar refractivity (Wildman–Crippen MR) is 67.4 cm³/mol. The van der Waals surface area contributed by atoms with Crippen molar-refractivity contribution in [1.29, 1.82) is 0 Å². The molecule has 2 rings (SSSR count). The molecule has 0 radical (unpaired) electrons. The van der Waals surface area contributed by atoms with Gasteiger partial charge in [0.2, 0.25) is 0 Å². The third kappa shape index (κ3) is 1.84. The smallest absolute Gasteiger partial charge is 0.192 e. The molecule has 2 aliphatic rings. The van der Waals surface area contributed by atoms with Gasteiger partial charge in [0.15, 0.2) is 5.96 Å². The van der Waals surface area contributed by atoms with Crippen LogP contribution < -0.4 is 5.73 Å². The summed E-state index contributed by atoms with van der Waals surface area (Å²) < 4.78 is 0. The van der Waals surface area contributed by atoms with Gasteiger partial charge >= 0.3 is 0 Å². The average Bonchev–Trinajstić information content (AvgIpc) is 2.56. The number of nitrogens with two attached hydrogens (primary N) is 1. The summed E-state index contributed by atoms with van der Waals surface area (Å²) in [7, 11) is 0. The first kappa shape index (κ1) is 11.1. The monoisotopic (exact) mass is 227 g/mol. The Morgan fingerprint density at radius 3 is 3.07 bits per heavy atom. The summed E-state index contributed by atoms with van der Waals surface area (Å²) in [4.78, 5) is 6.86. The van der Waals surface area contributed by atoms with Crippen LogP contribution in [0.5, 0.6) is 0 Å². The van der Waals surface area contributed by atoms with Crippen molar-refractivity contribution in [2.75, 3.05) is 18.1 Å². The zero-order valence-electron chi connectivity index (χ0n) is 9.70. The van der Waals surface area contributed by atoms with Gasteiger partial charge in [-0.15, -0.1) is 0 Å². The van der Waals surface area contributed by atoms with Gasteiger partial charge in [-0.2, -0.15) is 11.8 Å². The van der Waals surface area contributed by atoms with E-state index in [9.17, 15) is 0 Å². The summed E-state index contributed by atoms with van der Waals surface area (Å²) >= 11 is 2.05. The Morgan fingerprint density at radius 2 is 2.47 bits per heavy atom. The minimum atomic E-state index is 0.252. The molecule has 0 aliphatic carbocycles. The van der Waals surface area contributed by atoms with Crippen molar-refractivity contribution in [3.63, 3.8) is 0 Å². The fourth-order valence-corrected chi connectivity index (χ4v) is 3.90. The van der Waals surface area contributed by atoms with E-state index in [0.717, 1.165) is 18.9 Å². The van der Waals surface area contributed by atoms with Crippen LogP contribution in [0, 0.1) is 0 Å². The zero-order chi connectivity index (χ0) is 10.9. The van der Waals surface area contributed by atoms with E-state index in [1.54, 1.807) is 0 Å². The van der Waals surface area contributed by atoms with Crippen LogP contribution in [0.15, 0.2) is 4.99 Å². The van der Waals surface area contributed by atoms with Crippen molar-refractivity contribution in [1.82, 2.24) is 4.90 Å². The Kier molecular flexibility index (Phi) is 3.14. The van der Waals surface area contributed by atoms with Crippen molar-refractivity contribution < 1.29 is 0 Å². The lowest BCUT2D eigenvalue weighted by molar-refractivity contribution is 0.161. The number of rotatable bonds is 2. The Hall–Kier alpha value is -0.380. The summed E-state index contributed by atoms with van der Waals surface area (Å²) in [6.45, 7) is 5.39. The van der Waals surface area contributed by atoms with Crippen LogP contribution in [0.25, 0.3) is 0 Å². The SMILES string of the molecule is CCC(C)N1C(N)=NCC12CCCSC2. The topological polar surface area (TPSA) is 41.6 Å². The minimum absolute atomic E-state index is 0.252. The molecule has 2 heterocycles. The van der Waals surface area contributed by atoms with Gasteiger partial charge in [-0.25, -0.2) is 0 Å². The molecule has 2 aliphatic heterocycles. The van der Waals surface area contributed by atoms with Gasteiger partial charge in [-0.05, 0) is 31.9 Å². The maximum Gasteiger partial charge on any atom is 0.192 e. The molecule has 1 spiro atoms. The van der Waals surface area contributed by atoms with Gasteiger partial charge in [0.05, 0.1) is 12.1 Å². The summed E-state index contributed by atoms with van der Waals surface area (Å²) in [5.74, 6) is 3.27. The van der Waals surface area contributed by atoms with E-state index in [4.69, 9.17) is 5.73 Å². The molecular weight excluding hydrogens is 206 g/mol. The van der Waals surface area contributed by atoms with E-state index >= 15 is 0 Å². The van der Waals surface area contributed by atoms with Gasteiger partial charge in [0.1, 0.15) is 0 Å². The lowest BCUT2D eigenvalue weighted by Gasteiger charge is -2.44. The highest BCUT2D eigenvalue weighted by Gasteiger charge is 2.44. The summed E-state index contributed by atoms with van der Waals surface area (Å²) in [6, 6.07) is 0.523. The first-order valence-corrected chi connectivity index (χ1v) is 7.02. The van der Waals surface area contributed by atoms with Gasteiger partial charge in [-0.1, -0.05) is 6.92 Å². The lowest BCUT2D eigenvalue weighted by Crippen LogP contribution is -2.57. The van der Waals surface area contributed by atoms with Gasteiger partial charge in [0.25, 0.3) is 0 Å². The molecule has 1 saturated heterocycles. The molecule has 0 saturated carbocycles. The lowest BCUT2D eigenvalue weighted by atomic mass is 9.92. The van der Waals surface area contributed by atoms with Gasteiger partial charge in [-0.3, -0.25) is 4.99 Å². The number of hydrogen-bond donors (Lipinski definition) is 1. The standard InChI is InChI=1S/C11H21N3S/c1-3-9(2)14-10(12)13-7-11(14)5-4-6-15-8-11/h9H,3-8H2,1-2H3,(H2,12,13). The number of hydrogen-bond acceptors (Lipinski definition) is 4. The molecule has 1 fully saturated rings. The molecule has 2 atom stereocenters. The molecule has 4 heteroatoms. The third-order valence-electron chi connectivity index (χ3n) is 3.63. The van der Waals surface area contributed by atoms with Crippen molar-refractivity contribution in [3.8, 4) is 0 Å². The van der Waals surface area contributed by atoms with E-state index in [0.29, 0.717) is 6.04 Å². The molecule has 0 bridgehead atoms. The Morgan fingerprint density at radius 1 is 1.67 bits per heavy atom. The Labute approximate surface area is 96.5 Å². The number of guanidine groups is 1. The number of aliphatic imine (C=N–C) groups is 1. The maximum absolute atomic E-state index is 6.03. The highest BCUT2D eigenvalue weighted by molar-refractivity contribution is 7.99. The van der Waals surface area contributed by atoms with Crippen LogP contribution in [0.3, 0.4) is 0 Å². The first-order chi connectivity index (χ1) is 7.19. The molecule has 3 nitrogen and oxygen atoms in total. The molecule has 15 heavy (non-hydrogen) atoms.